The first-order valence-corrected chi connectivity index (χ1v) is 12.0. The number of alkyl carbamates (subject to hydrolysis) is 1. The van der Waals surface area contributed by atoms with E-state index < -0.39 is 42.2 Å². The number of hydrogen-bond donors (Lipinski definition) is 3. The van der Waals surface area contributed by atoms with Crippen LogP contribution in [0.1, 0.15) is 45.7 Å². The molecule has 2 rings (SSSR count). The van der Waals surface area contributed by atoms with Gasteiger partial charge in [-0.3, -0.25) is 10.2 Å². The monoisotopic (exact) mass is 512 g/mol. The van der Waals surface area contributed by atoms with Gasteiger partial charge in [0.25, 0.3) is 5.91 Å². The fraction of sp³-hybridized carbons (Fsp3) is 0.407. The number of carbonyl (C=O) groups excluding carboxylic acids is 4. The normalized spacial score (nSPS) is 11.7. The Morgan fingerprint density at radius 1 is 0.892 bits per heavy atom. The Morgan fingerprint density at radius 2 is 1.46 bits per heavy atom. The largest absolute Gasteiger partial charge is 0.458 e. The van der Waals surface area contributed by atoms with Crippen LogP contribution in [0.3, 0.4) is 0 Å². The fourth-order valence-electron chi connectivity index (χ4n) is 3.12. The number of ether oxygens (including phenoxy) is 2. The number of rotatable bonds is 9. The number of urea groups is 1. The predicted octanol–water partition coefficient (Wildman–Crippen LogP) is 3.52. The van der Waals surface area contributed by atoms with Crippen molar-refractivity contribution in [3.8, 4) is 0 Å². The quantitative estimate of drug-likeness (QED) is 0.349. The molecule has 2 aromatic rings. The Balaban J connectivity index is 2.01. The zero-order valence-corrected chi connectivity index (χ0v) is 21.9. The number of hydrogen-bond acceptors (Lipinski definition) is 6. The van der Waals surface area contributed by atoms with E-state index in [0.717, 1.165) is 16.1 Å². The third-order valence-electron chi connectivity index (χ3n) is 4.90. The summed E-state index contributed by atoms with van der Waals surface area (Å²) in [6.07, 6.45) is -0.775. The first-order chi connectivity index (χ1) is 17.4. The minimum absolute atomic E-state index is 0.0238. The van der Waals surface area contributed by atoms with Crippen molar-refractivity contribution in [3.05, 3.63) is 71.8 Å². The van der Waals surface area contributed by atoms with Gasteiger partial charge in [-0.25, -0.2) is 19.4 Å². The molecule has 0 aromatic heterocycles. The zero-order valence-electron chi connectivity index (χ0n) is 21.9. The summed E-state index contributed by atoms with van der Waals surface area (Å²) in [5.74, 6) is -1.50. The summed E-state index contributed by atoms with van der Waals surface area (Å²) < 4.78 is 10.5. The molecule has 0 saturated carbocycles. The Kier molecular flexibility index (Phi) is 10.9. The van der Waals surface area contributed by atoms with Crippen molar-refractivity contribution < 1.29 is 28.7 Å². The molecule has 0 fully saturated rings. The van der Waals surface area contributed by atoms with Crippen LogP contribution in [0.2, 0.25) is 0 Å². The van der Waals surface area contributed by atoms with Gasteiger partial charge in [-0.2, -0.15) is 0 Å². The van der Waals surface area contributed by atoms with Gasteiger partial charge in [0.2, 0.25) is 0 Å². The van der Waals surface area contributed by atoms with Crippen LogP contribution < -0.4 is 16.1 Å². The van der Waals surface area contributed by atoms with Gasteiger partial charge in [-0.15, -0.1) is 0 Å². The molecule has 0 spiro atoms. The summed E-state index contributed by atoms with van der Waals surface area (Å²) in [5, 5.41) is 6.06. The number of hydrazine groups is 1. The van der Waals surface area contributed by atoms with E-state index in [1.54, 1.807) is 58.9 Å². The minimum Gasteiger partial charge on any atom is -0.458 e. The van der Waals surface area contributed by atoms with Crippen molar-refractivity contribution in [1.82, 2.24) is 21.1 Å². The average Bonchev–Trinajstić information content (AvgIpc) is 2.84. The van der Waals surface area contributed by atoms with E-state index in [0.29, 0.717) is 0 Å². The molecule has 200 valence electrons. The van der Waals surface area contributed by atoms with Gasteiger partial charge >= 0.3 is 18.1 Å². The van der Waals surface area contributed by atoms with Gasteiger partial charge in [-0.05, 0) is 37.8 Å². The van der Waals surface area contributed by atoms with Crippen LogP contribution in [0.15, 0.2) is 60.7 Å². The van der Waals surface area contributed by atoms with Crippen molar-refractivity contribution >= 4 is 24.0 Å². The van der Waals surface area contributed by atoms with Crippen molar-refractivity contribution in [2.45, 2.75) is 59.4 Å². The first-order valence-electron chi connectivity index (χ1n) is 12.0. The van der Waals surface area contributed by atoms with Gasteiger partial charge in [-0.1, -0.05) is 74.5 Å². The number of esters is 1. The number of amides is 4. The molecule has 10 heteroatoms. The van der Waals surface area contributed by atoms with Crippen LogP contribution in [0, 0.1) is 5.92 Å². The Labute approximate surface area is 217 Å². The second kappa shape index (κ2) is 13.9. The van der Waals surface area contributed by atoms with Gasteiger partial charge in [0.05, 0.1) is 6.54 Å². The van der Waals surface area contributed by atoms with E-state index in [4.69, 9.17) is 9.47 Å². The molecule has 0 radical (unpaired) electrons. The Hall–Kier alpha value is -4.08. The first kappa shape index (κ1) is 29.2. The molecule has 0 unspecified atom stereocenters. The molecule has 0 aliphatic rings. The standard InChI is InChI=1S/C27H36N4O6/c1-19(2)23(24(33)37-27(3,4)5)29-25(34)31(17-20-12-8-6-9-13-20)30-22(32)16-28-26(35)36-18-21-14-10-7-11-15-21/h6-15,19,23H,16-18H2,1-5H3,(H,28,35)(H,29,34)(H,30,32)/t23-/m0/s1. The molecule has 2 aromatic carbocycles. The maximum absolute atomic E-state index is 13.1. The van der Waals surface area contributed by atoms with Crippen LogP contribution >= 0.6 is 0 Å². The molecule has 37 heavy (non-hydrogen) atoms. The van der Waals surface area contributed by atoms with Crippen LogP contribution in [0.5, 0.6) is 0 Å². The van der Waals surface area contributed by atoms with Crippen molar-refractivity contribution in [3.63, 3.8) is 0 Å². The predicted molar refractivity (Wildman–Crippen MR) is 138 cm³/mol. The van der Waals surface area contributed by atoms with Crippen LogP contribution in [-0.4, -0.2) is 47.2 Å². The van der Waals surface area contributed by atoms with Crippen molar-refractivity contribution in [1.29, 1.82) is 0 Å². The van der Waals surface area contributed by atoms with Crippen molar-refractivity contribution in [2.75, 3.05) is 6.54 Å². The lowest BCUT2D eigenvalue weighted by Gasteiger charge is -2.29. The molecular weight excluding hydrogens is 476 g/mol. The summed E-state index contributed by atoms with van der Waals surface area (Å²) in [7, 11) is 0. The van der Waals surface area contributed by atoms with E-state index in [1.165, 1.54) is 0 Å². The molecule has 1 atom stereocenters. The molecule has 10 nitrogen and oxygen atoms in total. The molecule has 3 N–H and O–H groups in total. The van der Waals surface area contributed by atoms with Gasteiger partial charge in [0.15, 0.2) is 0 Å². The second-order valence-corrected chi connectivity index (χ2v) is 9.73. The minimum atomic E-state index is -0.937. The number of benzene rings is 2. The Morgan fingerprint density at radius 3 is 2.00 bits per heavy atom. The van der Waals surface area contributed by atoms with E-state index in [2.05, 4.69) is 16.1 Å². The van der Waals surface area contributed by atoms with Gasteiger partial charge < -0.3 is 20.1 Å². The van der Waals surface area contributed by atoms with Gasteiger partial charge in [0.1, 0.15) is 24.8 Å². The second-order valence-electron chi connectivity index (χ2n) is 9.73. The van der Waals surface area contributed by atoms with Gasteiger partial charge in [0, 0.05) is 0 Å². The highest BCUT2D eigenvalue weighted by Gasteiger charge is 2.31. The summed E-state index contributed by atoms with van der Waals surface area (Å²) in [6.45, 7) is 8.43. The Bertz CT molecular complexity index is 1040. The summed E-state index contributed by atoms with van der Waals surface area (Å²) in [5.41, 5.74) is 3.30. The van der Waals surface area contributed by atoms with Crippen LogP contribution in [0.4, 0.5) is 9.59 Å². The van der Waals surface area contributed by atoms with Crippen LogP contribution in [0.25, 0.3) is 0 Å². The lowest BCUT2D eigenvalue weighted by molar-refractivity contribution is -0.158. The third kappa shape index (κ3) is 11.0. The zero-order chi connectivity index (χ0) is 27.4. The van der Waals surface area contributed by atoms with E-state index in [1.807, 2.05) is 36.4 Å². The van der Waals surface area contributed by atoms with Crippen molar-refractivity contribution in [2.24, 2.45) is 5.92 Å². The SMILES string of the molecule is CC(C)[C@H](NC(=O)N(Cc1ccccc1)NC(=O)CNC(=O)OCc1ccccc1)C(=O)OC(C)(C)C. The lowest BCUT2D eigenvalue weighted by atomic mass is 10.0. The number of nitrogens with zero attached hydrogens (tertiary/aromatic N) is 1. The molecule has 0 heterocycles. The highest BCUT2D eigenvalue weighted by Crippen LogP contribution is 2.13. The van der Waals surface area contributed by atoms with E-state index in [9.17, 15) is 19.2 Å². The van der Waals surface area contributed by atoms with E-state index in [-0.39, 0.29) is 19.1 Å². The summed E-state index contributed by atoms with van der Waals surface area (Å²) >= 11 is 0. The maximum Gasteiger partial charge on any atom is 0.407 e. The average molecular weight is 513 g/mol. The third-order valence-corrected chi connectivity index (χ3v) is 4.90. The molecule has 0 aliphatic carbocycles. The fourth-order valence-corrected chi connectivity index (χ4v) is 3.12. The molecule has 0 bridgehead atoms. The van der Waals surface area contributed by atoms with Crippen LogP contribution in [-0.2, 0) is 32.2 Å². The van der Waals surface area contributed by atoms with E-state index >= 15 is 0 Å². The maximum atomic E-state index is 13.1. The highest BCUT2D eigenvalue weighted by molar-refractivity contribution is 5.87. The number of carbonyl (C=O) groups is 4. The number of nitrogens with one attached hydrogen (secondary N) is 3. The smallest absolute Gasteiger partial charge is 0.407 e. The summed E-state index contributed by atoms with van der Waals surface area (Å²) in [6, 6.07) is 16.5. The molecule has 4 amide bonds. The molecular formula is C27H36N4O6. The lowest BCUT2D eigenvalue weighted by Crippen LogP contribution is -2.57. The topological polar surface area (TPSA) is 126 Å². The highest BCUT2D eigenvalue weighted by atomic mass is 16.6. The summed E-state index contributed by atoms with van der Waals surface area (Å²) in [4.78, 5) is 50.4. The molecule has 0 saturated heterocycles. The molecule has 0 aliphatic heterocycles.